The van der Waals surface area contributed by atoms with Gasteiger partial charge in [0.25, 0.3) is 14.2 Å². The van der Waals surface area contributed by atoms with Crippen LogP contribution in [0.15, 0.2) is 5.16 Å². The lowest BCUT2D eigenvalue weighted by molar-refractivity contribution is 0.587. The monoisotopic (exact) mass is 265 g/mol. The van der Waals surface area contributed by atoms with Crippen LogP contribution in [0.25, 0.3) is 0 Å². The molecule has 0 saturated heterocycles. The second-order valence-corrected chi connectivity index (χ2v) is 6.17. The highest BCUT2D eigenvalue weighted by Crippen LogP contribution is 2.13. The fraction of sp³-hybridized carbons (Fsp3) is 0.778. The maximum absolute atomic E-state index is 11.1. The van der Waals surface area contributed by atoms with Crippen molar-refractivity contribution in [3.05, 3.63) is 5.82 Å². The molecule has 0 radical (unpaired) electrons. The van der Waals surface area contributed by atoms with Crippen molar-refractivity contribution in [2.24, 2.45) is 7.05 Å². The lowest BCUT2D eigenvalue weighted by atomic mass is 10.1. The Balaban J connectivity index is 2.66. The molecule has 1 heterocycles. The van der Waals surface area contributed by atoms with Gasteiger partial charge in [0.1, 0.15) is 5.82 Å². The molecule has 0 bridgehead atoms. The van der Waals surface area contributed by atoms with Gasteiger partial charge in [-0.1, -0.05) is 26.2 Å². The number of halogens is 1. The maximum Gasteiger partial charge on any atom is 0.296 e. The Kier molecular flexibility index (Phi) is 4.73. The molecule has 0 amide bonds. The molecule has 0 aliphatic carbocycles. The van der Waals surface area contributed by atoms with Crippen molar-refractivity contribution in [3.63, 3.8) is 0 Å². The minimum absolute atomic E-state index is 0.181. The van der Waals surface area contributed by atoms with Crippen LogP contribution < -0.4 is 0 Å². The van der Waals surface area contributed by atoms with E-state index >= 15 is 0 Å². The van der Waals surface area contributed by atoms with Gasteiger partial charge in [-0.15, -0.1) is 10.2 Å². The number of aromatic nitrogens is 3. The summed E-state index contributed by atoms with van der Waals surface area (Å²) in [6, 6.07) is 0. The van der Waals surface area contributed by atoms with Crippen LogP contribution in [0.5, 0.6) is 0 Å². The average molecular weight is 266 g/mol. The van der Waals surface area contributed by atoms with Crippen molar-refractivity contribution in [3.8, 4) is 0 Å². The number of aryl methyl sites for hydroxylation is 1. The molecule has 0 aliphatic heterocycles. The van der Waals surface area contributed by atoms with E-state index in [1.807, 2.05) is 0 Å². The minimum atomic E-state index is -3.79. The fourth-order valence-electron chi connectivity index (χ4n) is 1.48. The van der Waals surface area contributed by atoms with Crippen LogP contribution in [0.4, 0.5) is 0 Å². The summed E-state index contributed by atoms with van der Waals surface area (Å²) in [5.74, 6) is 0.662. The van der Waals surface area contributed by atoms with Crippen LogP contribution in [-0.4, -0.2) is 23.2 Å². The highest BCUT2D eigenvalue weighted by Gasteiger charge is 2.19. The van der Waals surface area contributed by atoms with Crippen molar-refractivity contribution in [1.29, 1.82) is 0 Å². The Bertz CT molecular complexity index is 442. The van der Waals surface area contributed by atoms with Gasteiger partial charge < -0.3 is 4.57 Å². The summed E-state index contributed by atoms with van der Waals surface area (Å²) < 4.78 is 23.6. The van der Waals surface area contributed by atoms with Crippen molar-refractivity contribution in [1.82, 2.24) is 14.8 Å². The van der Waals surface area contributed by atoms with Gasteiger partial charge in [-0.25, -0.2) is 8.42 Å². The molecule has 5 nitrogen and oxygen atoms in total. The van der Waals surface area contributed by atoms with Crippen LogP contribution >= 0.6 is 10.7 Å². The number of unbranched alkanes of at least 4 members (excludes halogenated alkanes) is 3. The summed E-state index contributed by atoms with van der Waals surface area (Å²) >= 11 is 0. The third kappa shape index (κ3) is 3.45. The minimum Gasteiger partial charge on any atom is -0.304 e. The molecule has 1 rings (SSSR count). The molecule has 7 heteroatoms. The Labute approximate surface area is 100 Å². The molecule has 1 aromatic rings. The highest BCUT2D eigenvalue weighted by molar-refractivity contribution is 8.13. The van der Waals surface area contributed by atoms with Gasteiger partial charge >= 0.3 is 0 Å². The zero-order valence-corrected chi connectivity index (χ0v) is 11.1. The van der Waals surface area contributed by atoms with Gasteiger partial charge in [0.2, 0.25) is 0 Å². The summed E-state index contributed by atoms with van der Waals surface area (Å²) in [4.78, 5) is 0. The number of hydrogen-bond donors (Lipinski definition) is 0. The van der Waals surface area contributed by atoms with Crippen molar-refractivity contribution in [2.75, 3.05) is 0 Å². The number of rotatable bonds is 6. The standard InChI is InChI=1S/C9H16ClN3O2S/c1-3-4-5-6-7-8-11-12-9(13(8)2)16(10,14)15/h3-7H2,1-2H3. The molecule has 16 heavy (non-hydrogen) atoms. The first-order valence-corrected chi connectivity index (χ1v) is 7.60. The molecule has 0 aromatic carbocycles. The molecule has 0 saturated carbocycles. The van der Waals surface area contributed by atoms with Gasteiger partial charge in [-0.3, -0.25) is 0 Å². The molecule has 92 valence electrons. The molecule has 0 spiro atoms. The summed E-state index contributed by atoms with van der Waals surface area (Å²) in [6.45, 7) is 2.14. The first-order chi connectivity index (χ1) is 7.46. The van der Waals surface area contributed by atoms with Crippen molar-refractivity contribution in [2.45, 2.75) is 44.2 Å². The molecule has 1 aromatic heterocycles. The lowest BCUT2D eigenvalue weighted by Gasteiger charge is -2.01. The molecule has 0 fully saturated rings. The van der Waals surface area contributed by atoms with Crippen LogP contribution in [0, 0.1) is 0 Å². The normalized spacial score (nSPS) is 11.9. The SMILES string of the molecule is CCCCCCc1nnc(S(=O)(=O)Cl)n1C. The summed E-state index contributed by atoms with van der Waals surface area (Å²) in [7, 11) is 3.04. The van der Waals surface area contributed by atoms with Gasteiger partial charge in [0.15, 0.2) is 0 Å². The number of nitrogens with zero attached hydrogens (tertiary/aromatic N) is 3. The van der Waals surface area contributed by atoms with Crippen molar-refractivity contribution < 1.29 is 8.42 Å². The van der Waals surface area contributed by atoms with E-state index < -0.39 is 9.05 Å². The summed E-state index contributed by atoms with van der Waals surface area (Å²) in [6.07, 6.45) is 5.18. The van der Waals surface area contributed by atoms with Crippen LogP contribution in [-0.2, 0) is 22.5 Å². The average Bonchev–Trinajstić information content (AvgIpc) is 2.54. The third-order valence-electron chi connectivity index (χ3n) is 2.40. The molecule has 0 atom stereocenters. The second kappa shape index (κ2) is 5.63. The predicted octanol–water partition coefficient (Wildman–Crippen LogP) is 1.87. The molecule has 0 unspecified atom stereocenters. The van der Waals surface area contributed by atoms with Crippen LogP contribution in [0.2, 0.25) is 0 Å². The van der Waals surface area contributed by atoms with Crippen LogP contribution in [0.3, 0.4) is 0 Å². The fourth-order valence-corrected chi connectivity index (χ4v) is 2.46. The van der Waals surface area contributed by atoms with E-state index in [-0.39, 0.29) is 5.16 Å². The van der Waals surface area contributed by atoms with Crippen molar-refractivity contribution >= 4 is 19.7 Å². The van der Waals surface area contributed by atoms with E-state index in [4.69, 9.17) is 10.7 Å². The molecular weight excluding hydrogens is 250 g/mol. The Morgan fingerprint density at radius 3 is 2.44 bits per heavy atom. The molecule has 0 aliphatic rings. The van der Waals surface area contributed by atoms with E-state index in [1.54, 1.807) is 7.05 Å². The third-order valence-corrected chi connectivity index (χ3v) is 3.60. The highest BCUT2D eigenvalue weighted by atomic mass is 35.7. The predicted molar refractivity (Wildman–Crippen MR) is 61.9 cm³/mol. The van der Waals surface area contributed by atoms with Gasteiger partial charge in [-0.05, 0) is 6.42 Å². The van der Waals surface area contributed by atoms with E-state index in [0.29, 0.717) is 5.82 Å². The first-order valence-electron chi connectivity index (χ1n) is 5.29. The summed E-state index contributed by atoms with van der Waals surface area (Å²) in [5.41, 5.74) is 0. The summed E-state index contributed by atoms with van der Waals surface area (Å²) in [5, 5.41) is 7.23. The van der Waals surface area contributed by atoms with E-state index in [1.165, 1.54) is 17.4 Å². The first kappa shape index (κ1) is 13.4. The molecule has 0 N–H and O–H groups in total. The smallest absolute Gasteiger partial charge is 0.296 e. The van der Waals surface area contributed by atoms with Crippen LogP contribution in [0.1, 0.15) is 38.4 Å². The zero-order chi connectivity index (χ0) is 12.2. The van der Waals surface area contributed by atoms with E-state index in [0.717, 1.165) is 19.3 Å². The van der Waals surface area contributed by atoms with Gasteiger partial charge in [0, 0.05) is 24.2 Å². The number of hydrogen-bond acceptors (Lipinski definition) is 4. The van der Waals surface area contributed by atoms with E-state index in [2.05, 4.69) is 17.1 Å². The maximum atomic E-state index is 11.1. The zero-order valence-electron chi connectivity index (χ0n) is 9.48. The Morgan fingerprint density at radius 2 is 1.94 bits per heavy atom. The van der Waals surface area contributed by atoms with E-state index in [9.17, 15) is 8.42 Å². The topological polar surface area (TPSA) is 64.8 Å². The van der Waals surface area contributed by atoms with Gasteiger partial charge in [0.05, 0.1) is 0 Å². The quantitative estimate of drug-likeness (QED) is 0.582. The Morgan fingerprint density at radius 1 is 1.25 bits per heavy atom. The van der Waals surface area contributed by atoms with Gasteiger partial charge in [-0.2, -0.15) is 0 Å². The molecular formula is C9H16ClN3O2S. The lowest BCUT2D eigenvalue weighted by Crippen LogP contribution is -2.05. The largest absolute Gasteiger partial charge is 0.304 e. The second-order valence-electron chi connectivity index (χ2n) is 3.71. The Hall–Kier alpha value is -0.620.